The minimum Gasteiger partial charge on any atom is -0.370 e. The normalized spacial score (nSPS) is 20.4. The molecule has 0 spiro atoms. The van der Waals surface area contributed by atoms with Crippen molar-refractivity contribution < 1.29 is 18.0 Å². The quantitative estimate of drug-likeness (QED) is 0.929. The van der Waals surface area contributed by atoms with Crippen LogP contribution in [-0.2, 0) is 17.5 Å². The summed E-state index contributed by atoms with van der Waals surface area (Å²) < 4.78 is 37.6. The number of rotatable bonds is 4. The molecule has 1 aliphatic heterocycles. The summed E-state index contributed by atoms with van der Waals surface area (Å²) in [6.07, 6.45) is -1.00. The summed E-state index contributed by atoms with van der Waals surface area (Å²) in [4.78, 5) is 13.2. The van der Waals surface area contributed by atoms with Crippen LogP contribution < -0.4 is 5.73 Å². The van der Waals surface area contributed by atoms with Crippen molar-refractivity contribution in [3.63, 3.8) is 0 Å². The molecule has 1 aromatic rings. The maximum Gasteiger partial charge on any atom is 0.416 e. The SMILES string of the molecule is NC(=O)CC1CCCCN1Cc1ccc(C(F)(F)F)cc1. The van der Waals surface area contributed by atoms with Crippen molar-refractivity contribution in [2.24, 2.45) is 5.73 Å². The Balaban J connectivity index is 2.03. The lowest BCUT2D eigenvalue weighted by molar-refractivity contribution is -0.137. The van der Waals surface area contributed by atoms with Crippen LogP contribution in [0.25, 0.3) is 0 Å². The van der Waals surface area contributed by atoms with Crippen LogP contribution in [0, 0.1) is 0 Å². The van der Waals surface area contributed by atoms with Gasteiger partial charge in [0, 0.05) is 19.0 Å². The highest BCUT2D eigenvalue weighted by atomic mass is 19.4. The summed E-state index contributed by atoms with van der Waals surface area (Å²) >= 11 is 0. The van der Waals surface area contributed by atoms with E-state index in [1.165, 1.54) is 12.1 Å². The molecule has 0 aliphatic carbocycles. The first kappa shape index (κ1) is 15.8. The molecule has 1 unspecified atom stereocenters. The third-order valence-corrected chi connectivity index (χ3v) is 3.85. The molecule has 1 fully saturated rings. The van der Waals surface area contributed by atoms with Crippen LogP contribution in [0.2, 0.25) is 0 Å². The van der Waals surface area contributed by atoms with Crippen LogP contribution in [0.4, 0.5) is 13.2 Å². The Hall–Kier alpha value is -1.56. The minimum absolute atomic E-state index is 0.0959. The number of carbonyl (C=O) groups is 1. The number of hydrogen-bond donors (Lipinski definition) is 1. The average molecular weight is 300 g/mol. The monoisotopic (exact) mass is 300 g/mol. The van der Waals surface area contributed by atoms with Crippen LogP contribution in [0.5, 0.6) is 0 Å². The molecular formula is C15H19F3N2O. The number of primary amides is 1. The topological polar surface area (TPSA) is 46.3 Å². The van der Waals surface area contributed by atoms with Gasteiger partial charge in [0.1, 0.15) is 0 Å². The van der Waals surface area contributed by atoms with Gasteiger partial charge < -0.3 is 5.73 Å². The molecule has 21 heavy (non-hydrogen) atoms. The predicted octanol–water partition coefficient (Wildman–Crippen LogP) is 2.94. The van der Waals surface area contributed by atoms with E-state index >= 15 is 0 Å². The van der Waals surface area contributed by atoms with Gasteiger partial charge in [-0.2, -0.15) is 13.2 Å². The van der Waals surface area contributed by atoms with Crippen molar-refractivity contribution in [1.82, 2.24) is 4.90 Å². The highest BCUT2D eigenvalue weighted by Crippen LogP contribution is 2.29. The van der Waals surface area contributed by atoms with Crippen LogP contribution in [-0.4, -0.2) is 23.4 Å². The molecule has 0 radical (unpaired) electrons. The van der Waals surface area contributed by atoms with E-state index in [2.05, 4.69) is 4.90 Å². The molecule has 6 heteroatoms. The fourth-order valence-electron chi connectivity index (χ4n) is 2.77. The average Bonchev–Trinajstić information content (AvgIpc) is 2.40. The summed E-state index contributed by atoms with van der Waals surface area (Å²) in [6, 6.07) is 5.29. The van der Waals surface area contributed by atoms with Crippen LogP contribution in [0.1, 0.15) is 36.8 Å². The molecular weight excluding hydrogens is 281 g/mol. The van der Waals surface area contributed by atoms with E-state index in [1.54, 1.807) is 0 Å². The fourth-order valence-corrected chi connectivity index (χ4v) is 2.77. The maximum absolute atomic E-state index is 12.5. The first-order chi connectivity index (χ1) is 9.86. The minimum atomic E-state index is -4.31. The van der Waals surface area contributed by atoms with Gasteiger partial charge in [-0.1, -0.05) is 18.6 Å². The van der Waals surface area contributed by atoms with Gasteiger partial charge in [-0.15, -0.1) is 0 Å². The maximum atomic E-state index is 12.5. The van der Waals surface area contributed by atoms with Gasteiger partial charge in [-0.05, 0) is 37.1 Å². The second-order valence-electron chi connectivity index (χ2n) is 5.49. The molecule has 0 aromatic heterocycles. The first-order valence-electron chi connectivity index (χ1n) is 7.05. The zero-order valence-corrected chi connectivity index (χ0v) is 11.7. The summed E-state index contributed by atoms with van der Waals surface area (Å²) in [5.74, 6) is -0.334. The van der Waals surface area contributed by atoms with Crippen molar-refractivity contribution in [1.29, 1.82) is 0 Å². The molecule has 1 saturated heterocycles. The summed E-state index contributed by atoms with van der Waals surface area (Å²) in [7, 11) is 0. The van der Waals surface area contributed by atoms with Crippen molar-refractivity contribution >= 4 is 5.91 Å². The number of carbonyl (C=O) groups excluding carboxylic acids is 1. The van der Waals surface area contributed by atoms with Crippen LogP contribution in [0.15, 0.2) is 24.3 Å². The van der Waals surface area contributed by atoms with Crippen molar-refractivity contribution in [3.8, 4) is 0 Å². The third kappa shape index (κ3) is 4.46. The van der Waals surface area contributed by atoms with Crippen molar-refractivity contribution in [2.75, 3.05) is 6.54 Å². The van der Waals surface area contributed by atoms with Crippen molar-refractivity contribution in [2.45, 2.75) is 44.4 Å². The Labute approximate surface area is 121 Å². The van der Waals surface area contributed by atoms with Gasteiger partial charge in [-0.3, -0.25) is 9.69 Å². The standard InChI is InChI=1S/C15H19F3N2O/c16-15(17,18)12-6-4-11(5-7-12)10-20-8-2-1-3-13(20)9-14(19)21/h4-7,13H,1-3,8-10H2,(H2,19,21). The highest BCUT2D eigenvalue weighted by molar-refractivity contribution is 5.74. The number of likely N-dealkylation sites (tertiary alicyclic amines) is 1. The fraction of sp³-hybridized carbons (Fsp3) is 0.533. The molecule has 116 valence electrons. The Morgan fingerprint density at radius 3 is 2.48 bits per heavy atom. The number of halogens is 3. The molecule has 2 N–H and O–H groups in total. The lowest BCUT2D eigenvalue weighted by Crippen LogP contribution is -2.41. The highest BCUT2D eigenvalue weighted by Gasteiger charge is 2.30. The summed E-state index contributed by atoms with van der Waals surface area (Å²) in [5, 5.41) is 0. The second kappa shape index (κ2) is 6.47. The number of hydrogen-bond acceptors (Lipinski definition) is 2. The molecule has 3 nitrogen and oxygen atoms in total. The first-order valence-corrected chi connectivity index (χ1v) is 7.05. The van der Waals surface area contributed by atoms with Gasteiger partial charge >= 0.3 is 6.18 Å². The Kier molecular flexibility index (Phi) is 4.88. The molecule has 0 bridgehead atoms. The van der Waals surface area contributed by atoms with Gasteiger partial charge in [-0.25, -0.2) is 0 Å². The van der Waals surface area contributed by atoms with Crippen molar-refractivity contribution in [3.05, 3.63) is 35.4 Å². The molecule has 1 atom stereocenters. The zero-order chi connectivity index (χ0) is 15.5. The number of nitrogens with zero attached hydrogens (tertiary/aromatic N) is 1. The van der Waals surface area contributed by atoms with E-state index in [0.29, 0.717) is 13.0 Å². The second-order valence-corrected chi connectivity index (χ2v) is 5.49. The molecule has 1 aromatic carbocycles. The largest absolute Gasteiger partial charge is 0.416 e. The van der Waals surface area contributed by atoms with Gasteiger partial charge in [0.25, 0.3) is 0 Å². The van der Waals surface area contributed by atoms with Crippen LogP contribution >= 0.6 is 0 Å². The van der Waals surface area contributed by atoms with E-state index in [9.17, 15) is 18.0 Å². The number of nitrogens with two attached hydrogens (primary N) is 1. The molecule has 1 amide bonds. The van der Waals surface area contributed by atoms with Gasteiger partial charge in [0.2, 0.25) is 5.91 Å². The molecule has 1 heterocycles. The Morgan fingerprint density at radius 2 is 1.90 bits per heavy atom. The smallest absolute Gasteiger partial charge is 0.370 e. The molecule has 1 aliphatic rings. The molecule has 2 rings (SSSR count). The third-order valence-electron chi connectivity index (χ3n) is 3.85. The van der Waals surface area contributed by atoms with E-state index < -0.39 is 11.7 Å². The Morgan fingerprint density at radius 1 is 1.24 bits per heavy atom. The van der Waals surface area contributed by atoms with Crippen LogP contribution in [0.3, 0.4) is 0 Å². The zero-order valence-electron chi connectivity index (χ0n) is 11.7. The van der Waals surface area contributed by atoms with Gasteiger partial charge in [0.15, 0.2) is 0 Å². The predicted molar refractivity (Wildman–Crippen MR) is 73.3 cm³/mol. The van der Waals surface area contributed by atoms with E-state index in [-0.39, 0.29) is 11.9 Å². The Bertz CT molecular complexity index is 485. The van der Waals surface area contributed by atoms with E-state index in [1.807, 2.05) is 0 Å². The van der Waals surface area contributed by atoms with E-state index in [4.69, 9.17) is 5.73 Å². The number of alkyl halides is 3. The van der Waals surface area contributed by atoms with E-state index in [0.717, 1.165) is 43.5 Å². The summed E-state index contributed by atoms with van der Waals surface area (Å²) in [5.41, 5.74) is 5.43. The number of amides is 1. The molecule has 0 saturated carbocycles. The van der Waals surface area contributed by atoms with Gasteiger partial charge in [0.05, 0.1) is 5.56 Å². The lowest BCUT2D eigenvalue weighted by Gasteiger charge is -2.35. The number of piperidine rings is 1. The number of benzene rings is 1. The lowest BCUT2D eigenvalue weighted by atomic mass is 9.98. The summed E-state index contributed by atoms with van der Waals surface area (Å²) in [6.45, 7) is 1.40.